The molecule has 0 radical (unpaired) electrons. The lowest BCUT2D eigenvalue weighted by Crippen LogP contribution is -1.88. The molecular formula is C14H15ClO. The molecule has 0 fully saturated rings. The zero-order valence-electron chi connectivity index (χ0n) is 9.75. The van der Waals surface area contributed by atoms with Crippen LogP contribution in [0.25, 0.3) is 10.8 Å². The van der Waals surface area contributed by atoms with Crippen molar-refractivity contribution in [3.63, 3.8) is 0 Å². The van der Waals surface area contributed by atoms with E-state index in [0.29, 0.717) is 10.9 Å². The van der Waals surface area contributed by atoms with E-state index < -0.39 is 0 Å². The fourth-order valence-electron chi connectivity index (χ4n) is 1.78. The summed E-state index contributed by atoms with van der Waals surface area (Å²) in [5.41, 5.74) is 1.33. The summed E-state index contributed by atoms with van der Waals surface area (Å²) >= 11 is 6.11. The zero-order chi connectivity index (χ0) is 11.7. The smallest absolute Gasteiger partial charge is 0.138 e. The molecule has 0 aliphatic carbocycles. The van der Waals surface area contributed by atoms with Crippen molar-refractivity contribution < 1.29 is 4.74 Å². The van der Waals surface area contributed by atoms with Crippen LogP contribution in [0.1, 0.15) is 25.3 Å². The van der Waals surface area contributed by atoms with Crippen molar-refractivity contribution >= 4 is 22.4 Å². The minimum absolute atomic E-state index is 0.533. The van der Waals surface area contributed by atoms with Gasteiger partial charge in [-0.05, 0) is 34.4 Å². The van der Waals surface area contributed by atoms with Crippen molar-refractivity contribution in [2.75, 3.05) is 7.11 Å². The number of fused-ring (bicyclic) bond motifs is 1. The minimum Gasteiger partial charge on any atom is -0.495 e. The Labute approximate surface area is 101 Å². The Kier molecular flexibility index (Phi) is 3.06. The summed E-state index contributed by atoms with van der Waals surface area (Å²) < 4.78 is 5.20. The van der Waals surface area contributed by atoms with Crippen molar-refractivity contribution in [2.24, 2.45) is 0 Å². The molecule has 2 heteroatoms. The highest BCUT2D eigenvalue weighted by molar-refractivity contribution is 6.32. The topological polar surface area (TPSA) is 9.23 Å². The van der Waals surface area contributed by atoms with E-state index in [4.69, 9.17) is 16.3 Å². The van der Waals surface area contributed by atoms with Gasteiger partial charge in [0.25, 0.3) is 0 Å². The average molecular weight is 235 g/mol. The Hall–Kier alpha value is -1.21. The molecule has 0 unspecified atom stereocenters. The van der Waals surface area contributed by atoms with Gasteiger partial charge in [0.05, 0.1) is 12.1 Å². The Morgan fingerprint density at radius 3 is 2.44 bits per heavy atom. The highest BCUT2D eigenvalue weighted by atomic mass is 35.5. The summed E-state index contributed by atoms with van der Waals surface area (Å²) in [4.78, 5) is 0. The van der Waals surface area contributed by atoms with E-state index in [1.165, 1.54) is 5.56 Å². The van der Waals surface area contributed by atoms with Crippen LogP contribution < -0.4 is 4.74 Å². The molecule has 0 aliphatic heterocycles. The molecule has 2 aromatic carbocycles. The second kappa shape index (κ2) is 4.34. The molecular weight excluding hydrogens is 220 g/mol. The lowest BCUT2D eigenvalue weighted by molar-refractivity contribution is 0.415. The normalized spacial score (nSPS) is 11.1. The van der Waals surface area contributed by atoms with Gasteiger partial charge in [0.1, 0.15) is 5.75 Å². The SMILES string of the molecule is COc1cc2ccc(C(C)C)cc2cc1Cl. The summed E-state index contributed by atoms with van der Waals surface area (Å²) in [5, 5.41) is 2.98. The summed E-state index contributed by atoms with van der Waals surface area (Å²) in [6.45, 7) is 4.37. The third kappa shape index (κ3) is 2.00. The second-order valence-corrected chi connectivity index (χ2v) is 4.66. The maximum Gasteiger partial charge on any atom is 0.138 e. The van der Waals surface area contributed by atoms with Gasteiger partial charge in [0, 0.05) is 0 Å². The van der Waals surface area contributed by atoms with E-state index in [9.17, 15) is 0 Å². The number of rotatable bonds is 2. The van der Waals surface area contributed by atoms with Crippen LogP contribution in [0.15, 0.2) is 30.3 Å². The molecule has 0 heterocycles. The summed E-state index contributed by atoms with van der Waals surface area (Å²) in [5.74, 6) is 1.26. The number of hydrogen-bond donors (Lipinski definition) is 0. The molecule has 0 saturated carbocycles. The highest BCUT2D eigenvalue weighted by Crippen LogP contribution is 2.31. The molecule has 0 bridgehead atoms. The molecule has 16 heavy (non-hydrogen) atoms. The van der Waals surface area contributed by atoms with Crippen LogP contribution in [0.5, 0.6) is 5.75 Å². The molecule has 0 spiro atoms. The number of ether oxygens (including phenoxy) is 1. The van der Waals surface area contributed by atoms with Gasteiger partial charge in [-0.25, -0.2) is 0 Å². The van der Waals surface area contributed by atoms with Crippen LogP contribution in [-0.2, 0) is 0 Å². The fourth-order valence-corrected chi connectivity index (χ4v) is 2.03. The molecule has 0 aromatic heterocycles. The van der Waals surface area contributed by atoms with Crippen LogP contribution in [0.2, 0.25) is 5.02 Å². The van der Waals surface area contributed by atoms with Crippen molar-refractivity contribution in [2.45, 2.75) is 19.8 Å². The van der Waals surface area contributed by atoms with E-state index >= 15 is 0 Å². The molecule has 0 aliphatic rings. The molecule has 2 rings (SSSR count). The van der Waals surface area contributed by atoms with Crippen molar-refractivity contribution in [3.8, 4) is 5.75 Å². The molecule has 0 N–H and O–H groups in total. The second-order valence-electron chi connectivity index (χ2n) is 4.25. The van der Waals surface area contributed by atoms with Gasteiger partial charge in [-0.2, -0.15) is 0 Å². The maximum absolute atomic E-state index is 6.11. The lowest BCUT2D eigenvalue weighted by atomic mass is 9.99. The summed E-state index contributed by atoms with van der Waals surface area (Å²) in [6.07, 6.45) is 0. The largest absolute Gasteiger partial charge is 0.495 e. The van der Waals surface area contributed by atoms with Crippen molar-refractivity contribution in [3.05, 3.63) is 40.9 Å². The van der Waals surface area contributed by atoms with E-state index in [2.05, 4.69) is 32.0 Å². The van der Waals surface area contributed by atoms with Crippen molar-refractivity contribution in [1.82, 2.24) is 0 Å². The van der Waals surface area contributed by atoms with Gasteiger partial charge < -0.3 is 4.74 Å². The number of benzene rings is 2. The van der Waals surface area contributed by atoms with Gasteiger partial charge in [-0.15, -0.1) is 0 Å². The van der Waals surface area contributed by atoms with E-state index in [0.717, 1.165) is 16.5 Å². The van der Waals surface area contributed by atoms with E-state index in [1.54, 1.807) is 7.11 Å². The minimum atomic E-state index is 0.533. The standard InChI is InChI=1S/C14H15ClO/c1-9(2)10-4-5-11-8-14(16-3)13(15)7-12(11)6-10/h4-9H,1-3H3. The molecule has 84 valence electrons. The van der Waals surface area contributed by atoms with Crippen LogP contribution in [0.4, 0.5) is 0 Å². The van der Waals surface area contributed by atoms with Gasteiger partial charge in [-0.1, -0.05) is 43.6 Å². The summed E-state index contributed by atoms with van der Waals surface area (Å²) in [7, 11) is 1.63. The van der Waals surface area contributed by atoms with Gasteiger partial charge >= 0.3 is 0 Å². The maximum atomic E-state index is 6.11. The highest BCUT2D eigenvalue weighted by Gasteiger charge is 2.05. The first-order valence-corrected chi connectivity index (χ1v) is 5.77. The zero-order valence-corrected chi connectivity index (χ0v) is 10.5. The molecule has 2 aromatic rings. The third-order valence-corrected chi connectivity index (χ3v) is 3.10. The Balaban J connectivity index is 2.62. The van der Waals surface area contributed by atoms with Crippen LogP contribution >= 0.6 is 11.6 Å². The predicted molar refractivity (Wildman–Crippen MR) is 69.6 cm³/mol. The van der Waals surface area contributed by atoms with Gasteiger partial charge in [0.15, 0.2) is 0 Å². The Bertz CT molecular complexity index is 517. The Morgan fingerprint density at radius 2 is 1.81 bits per heavy atom. The first kappa shape index (κ1) is 11.3. The fraction of sp³-hybridized carbons (Fsp3) is 0.286. The first-order chi connectivity index (χ1) is 7.61. The first-order valence-electron chi connectivity index (χ1n) is 5.39. The van der Waals surface area contributed by atoms with E-state index in [-0.39, 0.29) is 0 Å². The Morgan fingerprint density at radius 1 is 1.06 bits per heavy atom. The molecule has 0 amide bonds. The van der Waals surface area contributed by atoms with E-state index in [1.807, 2.05) is 12.1 Å². The van der Waals surface area contributed by atoms with Crippen LogP contribution in [0.3, 0.4) is 0 Å². The quantitative estimate of drug-likeness (QED) is 0.737. The van der Waals surface area contributed by atoms with Crippen LogP contribution in [0, 0.1) is 0 Å². The predicted octanol–water partition coefficient (Wildman–Crippen LogP) is 4.63. The van der Waals surface area contributed by atoms with Crippen LogP contribution in [-0.4, -0.2) is 7.11 Å². The number of halogens is 1. The van der Waals surface area contributed by atoms with Gasteiger partial charge in [-0.3, -0.25) is 0 Å². The average Bonchev–Trinajstić information content (AvgIpc) is 2.27. The lowest BCUT2D eigenvalue weighted by Gasteiger charge is -2.09. The number of methoxy groups -OCH3 is 1. The monoisotopic (exact) mass is 234 g/mol. The van der Waals surface area contributed by atoms with Gasteiger partial charge in [0.2, 0.25) is 0 Å². The molecule has 1 nitrogen and oxygen atoms in total. The molecule has 0 atom stereocenters. The third-order valence-electron chi connectivity index (χ3n) is 2.80. The molecule has 0 saturated heterocycles. The number of hydrogen-bond acceptors (Lipinski definition) is 1. The van der Waals surface area contributed by atoms with Crippen molar-refractivity contribution in [1.29, 1.82) is 0 Å². The summed E-state index contributed by atoms with van der Waals surface area (Å²) in [6, 6.07) is 10.4.